The van der Waals surface area contributed by atoms with Gasteiger partial charge in [0.15, 0.2) is 5.96 Å². The Morgan fingerprint density at radius 2 is 1.85 bits per heavy atom. The molecule has 26 heavy (non-hydrogen) atoms. The summed E-state index contributed by atoms with van der Waals surface area (Å²) >= 11 is 0. The number of aryl methyl sites for hydroxylation is 2. The molecule has 0 atom stereocenters. The van der Waals surface area contributed by atoms with Gasteiger partial charge in [0, 0.05) is 51.0 Å². The molecule has 0 bridgehead atoms. The number of benzene rings is 1. The molecule has 2 heterocycles. The van der Waals surface area contributed by atoms with Gasteiger partial charge in [0.2, 0.25) is 0 Å². The van der Waals surface area contributed by atoms with Gasteiger partial charge in [0.25, 0.3) is 0 Å². The Labute approximate surface area is 170 Å². The first kappa shape index (κ1) is 20.5. The second-order valence-electron chi connectivity index (χ2n) is 6.15. The highest BCUT2D eigenvalue weighted by Crippen LogP contribution is 2.17. The summed E-state index contributed by atoms with van der Waals surface area (Å²) in [7, 11) is 1.79. The monoisotopic (exact) mass is 473 g/mol. The van der Waals surface area contributed by atoms with E-state index in [2.05, 4.69) is 25.3 Å². The highest BCUT2D eigenvalue weighted by molar-refractivity contribution is 14.0. The molecular formula is C18H25FIN5O. The number of guanidine groups is 1. The summed E-state index contributed by atoms with van der Waals surface area (Å²) in [6, 6.07) is 6.67. The number of nitrogens with one attached hydrogen (secondary N) is 1. The lowest BCUT2D eigenvalue weighted by Gasteiger charge is -2.37. The molecule has 0 amide bonds. The lowest BCUT2D eigenvalue weighted by Crippen LogP contribution is -2.52. The third-order valence-corrected chi connectivity index (χ3v) is 4.59. The van der Waals surface area contributed by atoms with E-state index in [0.717, 1.165) is 54.8 Å². The standard InChI is InChI=1S/C18H24FN5O.HI/c1-13-17(14(2)25-22-13)12-21-18(20-3)24-10-8-23(9-11-24)16-6-4-15(19)5-7-16;/h4-7H,8-12H2,1-3H3,(H,20,21);1H. The van der Waals surface area contributed by atoms with Gasteiger partial charge in [-0.15, -0.1) is 24.0 Å². The van der Waals surface area contributed by atoms with Crippen molar-refractivity contribution in [3.05, 3.63) is 47.1 Å². The van der Waals surface area contributed by atoms with Crippen LogP contribution in [0.1, 0.15) is 17.0 Å². The van der Waals surface area contributed by atoms with Crippen molar-refractivity contribution in [3.63, 3.8) is 0 Å². The van der Waals surface area contributed by atoms with Gasteiger partial charge in [0.1, 0.15) is 11.6 Å². The lowest BCUT2D eigenvalue weighted by molar-refractivity contribution is 0.372. The van der Waals surface area contributed by atoms with Gasteiger partial charge in [-0.25, -0.2) is 4.39 Å². The zero-order chi connectivity index (χ0) is 17.8. The van der Waals surface area contributed by atoms with Crippen LogP contribution in [-0.4, -0.2) is 49.2 Å². The molecule has 1 aliphatic heterocycles. The van der Waals surface area contributed by atoms with E-state index in [9.17, 15) is 4.39 Å². The van der Waals surface area contributed by atoms with Crippen LogP contribution in [0.2, 0.25) is 0 Å². The van der Waals surface area contributed by atoms with Crippen molar-refractivity contribution in [1.82, 2.24) is 15.4 Å². The number of hydrogen-bond acceptors (Lipinski definition) is 4. The van der Waals surface area contributed by atoms with Crippen LogP contribution in [0.3, 0.4) is 0 Å². The largest absolute Gasteiger partial charge is 0.368 e. The van der Waals surface area contributed by atoms with E-state index >= 15 is 0 Å². The van der Waals surface area contributed by atoms with Crippen LogP contribution in [0, 0.1) is 19.7 Å². The molecule has 0 unspecified atom stereocenters. The van der Waals surface area contributed by atoms with Crippen molar-refractivity contribution in [2.45, 2.75) is 20.4 Å². The molecule has 1 N–H and O–H groups in total. The molecule has 1 saturated heterocycles. The zero-order valence-electron chi connectivity index (χ0n) is 15.3. The number of halogens is 2. The van der Waals surface area contributed by atoms with E-state index in [4.69, 9.17) is 4.52 Å². The smallest absolute Gasteiger partial charge is 0.194 e. The Morgan fingerprint density at radius 1 is 1.19 bits per heavy atom. The van der Waals surface area contributed by atoms with Gasteiger partial charge in [0.05, 0.1) is 5.69 Å². The SMILES string of the molecule is CN=C(NCc1c(C)noc1C)N1CCN(c2ccc(F)cc2)CC1.I. The first-order chi connectivity index (χ1) is 12.1. The van der Waals surface area contributed by atoms with Crippen molar-refractivity contribution in [3.8, 4) is 0 Å². The second-order valence-corrected chi connectivity index (χ2v) is 6.15. The maximum absolute atomic E-state index is 13.1. The summed E-state index contributed by atoms with van der Waals surface area (Å²) in [5, 5.41) is 7.37. The Balaban J connectivity index is 0.00000243. The molecule has 0 spiro atoms. The summed E-state index contributed by atoms with van der Waals surface area (Å²) in [5.41, 5.74) is 3.03. The maximum Gasteiger partial charge on any atom is 0.194 e. The third kappa shape index (κ3) is 4.66. The quantitative estimate of drug-likeness (QED) is 0.422. The fraction of sp³-hybridized carbons (Fsp3) is 0.444. The predicted octanol–water partition coefficient (Wildman–Crippen LogP) is 2.95. The number of aromatic nitrogens is 1. The van der Waals surface area contributed by atoms with Gasteiger partial charge in [-0.2, -0.15) is 0 Å². The summed E-state index contributed by atoms with van der Waals surface area (Å²) in [5.74, 6) is 1.51. The number of piperazine rings is 1. The van der Waals surface area contributed by atoms with Gasteiger partial charge >= 0.3 is 0 Å². The molecule has 2 aromatic rings. The minimum atomic E-state index is -0.202. The van der Waals surface area contributed by atoms with Gasteiger partial charge in [-0.1, -0.05) is 5.16 Å². The molecule has 1 aromatic heterocycles. The summed E-state index contributed by atoms with van der Waals surface area (Å²) in [6.45, 7) is 7.97. The average Bonchev–Trinajstić information content (AvgIpc) is 2.95. The first-order valence-electron chi connectivity index (χ1n) is 8.46. The second kappa shape index (κ2) is 9.20. The third-order valence-electron chi connectivity index (χ3n) is 4.59. The number of hydrogen-bond donors (Lipinski definition) is 1. The summed E-state index contributed by atoms with van der Waals surface area (Å²) in [4.78, 5) is 8.89. The van der Waals surface area contributed by atoms with E-state index in [1.54, 1.807) is 7.05 Å². The van der Waals surface area contributed by atoms with Crippen LogP contribution < -0.4 is 10.2 Å². The molecular weight excluding hydrogens is 448 g/mol. The first-order valence-corrected chi connectivity index (χ1v) is 8.46. The fourth-order valence-corrected chi connectivity index (χ4v) is 3.08. The predicted molar refractivity (Wildman–Crippen MR) is 112 cm³/mol. The molecule has 6 nitrogen and oxygen atoms in total. The zero-order valence-corrected chi connectivity index (χ0v) is 17.7. The molecule has 0 saturated carbocycles. The van der Waals surface area contributed by atoms with Crippen LogP contribution >= 0.6 is 24.0 Å². The Bertz CT molecular complexity index is 719. The molecule has 1 aliphatic rings. The van der Waals surface area contributed by atoms with E-state index in [1.165, 1.54) is 12.1 Å². The molecule has 1 fully saturated rings. The molecule has 1 aromatic carbocycles. The van der Waals surface area contributed by atoms with Crippen LogP contribution in [0.15, 0.2) is 33.8 Å². The van der Waals surface area contributed by atoms with Crippen molar-refractivity contribution < 1.29 is 8.91 Å². The van der Waals surface area contributed by atoms with Crippen molar-refractivity contribution >= 4 is 35.6 Å². The minimum absolute atomic E-state index is 0. The van der Waals surface area contributed by atoms with E-state index in [0.29, 0.717) is 6.54 Å². The number of anilines is 1. The van der Waals surface area contributed by atoms with Crippen LogP contribution in [-0.2, 0) is 6.54 Å². The van der Waals surface area contributed by atoms with Crippen molar-refractivity contribution in [2.75, 3.05) is 38.1 Å². The van der Waals surface area contributed by atoms with Crippen LogP contribution in [0.25, 0.3) is 0 Å². The van der Waals surface area contributed by atoms with Gasteiger partial charge < -0.3 is 19.6 Å². The summed E-state index contributed by atoms with van der Waals surface area (Å²) in [6.07, 6.45) is 0. The Hall–Kier alpha value is -1.84. The maximum atomic E-state index is 13.1. The van der Waals surface area contributed by atoms with E-state index in [1.807, 2.05) is 26.0 Å². The van der Waals surface area contributed by atoms with E-state index in [-0.39, 0.29) is 29.8 Å². The molecule has 0 radical (unpaired) electrons. The molecule has 142 valence electrons. The highest BCUT2D eigenvalue weighted by Gasteiger charge is 2.20. The van der Waals surface area contributed by atoms with Gasteiger partial charge in [-0.3, -0.25) is 4.99 Å². The summed E-state index contributed by atoms with van der Waals surface area (Å²) < 4.78 is 18.3. The number of aliphatic imine (C=N–C) groups is 1. The normalized spacial score (nSPS) is 15.0. The number of nitrogens with zero attached hydrogens (tertiary/aromatic N) is 4. The minimum Gasteiger partial charge on any atom is -0.368 e. The fourth-order valence-electron chi connectivity index (χ4n) is 3.08. The highest BCUT2D eigenvalue weighted by atomic mass is 127. The molecule has 8 heteroatoms. The van der Waals surface area contributed by atoms with Crippen molar-refractivity contribution in [2.24, 2.45) is 4.99 Å². The average molecular weight is 473 g/mol. The Morgan fingerprint density at radius 3 is 2.38 bits per heavy atom. The topological polar surface area (TPSA) is 56.9 Å². The van der Waals surface area contributed by atoms with Crippen molar-refractivity contribution in [1.29, 1.82) is 0 Å². The van der Waals surface area contributed by atoms with Gasteiger partial charge in [-0.05, 0) is 38.1 Å². The molecule has 3 rings (SSSR count). The van der Waals surface area contributed by atoms with E-state index < -0.39 is 0 Å². The van der Waals surface area contributed by atoms with Crippen LogP contribution in [0.4, 0.5) is 10.1 Å². The molecule has 0 aliphatic carbocycles. The number of rotatable bonds is 3. The Kier molecular flexibility index (Phi) is 7.24. The lowest BCUT2D eigenvalue weighted by atomic mass is 10.2. The van der Waals surface area contributed by atoms with Crippen LogP contribution in [0.5, 0.6) is 0 Å².